The normalized spacial score (nSPS) is 33.5. The van der Waals surface area contributed by atoms with Gasteiger partial charge >= 0.3 is 5.97 Å². The van der Waals surface area contributed by atoms with E-state index in [0.29, 0.717) is 0 Å². The Balaban J connectivity index is 2.46. The molecule has 0 aromatic heterocycles. The molecule has 1 rings (SSSR count). The average Bonchev–Trinajstić information content (AvgIpc) is 2.31. The standard InChI is InChI=1S/C6H9FO4/c7-2-4(9)5-1-3(8)6(10)11-5/h3-5,8-9H,1-2H2/t3-,4+,5-/m0/s1. The molecule has 0 spiro atoms. The fraction of sp³-hybridized carbons (Fsp3) is 0.833. The minimum atomic E-state index is -1.31. The van der Waals surface area contributed by atoms with Crippen molar-refractivity contribution in [3.05, 3.63) is 0 Å². The zero-order valence-corrected chi connectivity index (χ0v) is 5.74. The van der Waals surface area contributed by atoms with Crippen LogP contribution in [0.3, 0.4) is 0 Å². The molecule has 0 radical (unpaired) electrons. The third kappa shape index (κ3) is 1.66. The molecule has 1 aliphatic rings. The molecule has 0 amide bonds. The summed E-state index contributed by atoms with van der Waals surface area (Å²) >= 11 is 0. The van der Waals surface area contributed by atoms with Gasteiger partial charge in [-0.3, -0.25) is 0 Å². The maximum Gasteiger partial charge on any atom is 0.335 e. The van der Waals surface area contributed by atoms with Crippen LogP contribution >= 0.6 is 0 Å². The monoisotopic (exact) mass is 164 g/mol. The summed E-state index contributed by atoms with van der Waals surface area (Å²) in [6, 6.07) is 0. The van der Waals surface area contributed by atoms with Crippen LogP contribution in [0.5, 0.6) is 0 Å². The molecule has 11 heavy (non-hydrogen) atoms. The van der Waals surface area contributed by atoms with E-state index in [9.17, 15) is 9.18 Å². The largest absolute Gasteiger partial charge is 0.457 e. The van der Waals surface area contributed by atoms with Crippen molar-refractivity contribution < 1.29 is 24.1 Å². The molecule has 0 aliphatic carbocycles. The van der Waals surface area contributed by atoms with Gasteiger partial charge in [-0.2, -0.15) is 0 Å². The molecule has 0 bridgehead atoms. The summed E-state index contributed by atoms with van der Waals surface area (Å²) in [7, 11) is 0. The molecule has 0 saturated carbocycles. The van der Waals surface area contributed by atoms with E-state index in [1.54, 1.807) is 0 Å². The third-order valence-corrected chi connectivity index (χ3v) is 1.58. The van der Waals surface area contributed by atoms with Crippen molar-refractivity contribution in [2.45, 2.75) is 24.7 Å². The van der Waals surface area contributed by atoms with E-state index < -0.39 is 31.0 Å². The number of halogens is 1. The molecule has 1 aliphatic heterocycles. The molecule has 64 valence electrons. The van der Waals surface area contributed by atoms with Crippen molar-refractivity contribution in [2.24, 2.45) is 0 Å². The van der Waals surface area contributed by atoms with E-state index in [2.05, 4.69) is 4.74 Å². The maximum atomic E-state index is 11.8. The predicted octanol–water partition coefficient (Wildman–Crippen LogP) is -1.01. The van der Waals surface area contributed by atoms with Crippen molar-refractivity contribution >= 4 is 5.97 Å². The average molecular weight is 164 g/mol. The summed E-state index contributed by atoms with van der Waals surface area (Å²) in [4.78, 5) is 10.5. The van der Waals surface area contributed by atoms with Crippen molar-refractivity contribution in [2.75, 3.05) is 6.67 Å². The van der Waals surface area contributed by atoms with Gasteiger partial charge in [-0.15, -0.1) is 0 Å². The lowest BCUT2D eigenvalue weighted by atomic mass is 10.1. The Hall–Kier alpha value is -0.680. The first kappa shape index (κ1) is 8.42. The lowest BCUT2D eigenvalue weighted by Crippen LogP contribution is -2.27. The lowest BCUT2D eigenvalue weighted by Gasteiger charge is -2.11. The van der Waals surface area contributed by atoms with Crippen LogP contribution in [-0.4, -0.2) is 41.2 Å². The predicted molar refractivity (Wildman–Crippen MR) is 32.5 cm³/mol. The summed E-state index contributed by atoms with van der Waals surface area (Å²) in [5.74, 6) is -0.789. The second-order valence-corrected chi connectivity index (χ2v) is 2.45. The summed E-state index contributed by atoms with van der Waals surface area (Å²) in [5.41, 5.74) is 0. The van der Waals surface area contributed by atoms with Gasteiger partial charge in [0.15, 0.2) is 6.10 Å². The molecule has 0 aromatic carbocycles. The van der Waals surface area contributed by atoms with E-state index in [-0.39, 0.29) is 6.42 Å². The highest BCUT2D eigenvalue weighted by atomic mass is 19.1. The minimum Gasteiger partial charge on any atom is -0.457 e. The number of carbonyl (C=O) groups is 1. The van der Waals surface area contributed by atoms with Crippen LogP contribution in [0.15, 0.2) is 0 Å². The van der Waals surface area contributed by atoms with E-state index in [4.69, 9.17) is 10.2 Å². The molecule has 1 heterocycles. The Morgan fingerprint density at radius 1 is 1.82 bits per heavy atom. The number of alkyl halides is 1. The van der Waals surface area contributed by atoms with Gasteiger partial charge in [0.2, 0.25) is 0 Å². The minimum absolute atomic E-state index is 0.0239. The Labute approximate surface area is 62.6 Å². The summed E-state index contributed by atoms with van der Waals surface area (Å²) < 4.78 is 16.2. The third-order valence-electron chi connectivity index (χ3n) is 1.58. The van der Waals surface area contributed by atoms with Gasteiger partial charge in [0, 0.05) is 6.42 Å². The van der Waals surface area contributed by atoms with Crippen molar-refractivity contribution in [3.8, 4) is 0 Å². The van der Waals surface area contributed by atoms with Crippen LogP contribution in [0.2, 0.25) is 0 Å². The molecule has 1 fully saturated rings. The molecular formula is C6H9FO4. The molecule has 2 N–H and O–H groups in total. The number of aliphatic hydroxyl groups excluding tert-OH is 2. The molecule has 3 atom stereocenters. The molecule has 0 unspecified atom stereocenters. The summed E-state index contributed by atoms with van der Waals surface area (Å²) in [5, 5.41) is 17.6. The van der Waals surface area contributed by atoms with Crippen molar-refractivity contribution in [3.63, 3.8) is 0 Å². The Morgan fingerprint density at radius 3 is 2.82 bits per heavy atom. The van der Waals surface area contributed by atoms with Gasteiger partial charge in [-0.25, -0.2) is 9.18 Å². The van der Waals surface area contributed by atoms with Crippen LogP contribution in [0, 0.1) is 0 Å². The molecule has 1 saturated heterocycles. The first-order valence-electron chi connectivity index (χ1n) is 3.27. The fourth-order valence-electron chi connectivity index (χ4n) is 0.927. The maximum absolute atomic E-state index is 11.8. The smallest absolute Gasteiger partial charge is 0.335 e. The van der Waals surface area contributed by atoms with Gasteiger partial charge in [0.1, 0.15) is 18.9 Å². The van der Waals surface area contributed by atoms with Crippen LogP contribution in [-0.2, 0) is 9.53 Å². The SMILES string of the molecule is O=C1O[C@H]([C@H](O)CF)C[C@@H]1O. The van der Waals surface area contributed by atoms with E-state index in [1.807, 2.05) is 0 Å². The van der Waals surface area contributed by atoms with E-state index in [1.165, 1.54) is 0 Å². The number of rotatable bonds is 2. The number of esters is 1. The van der Waals surface area contributed by atoms with Gasteiger partial charge in [0.05, 0.1) is 0 Å². The van der Waals surface area contributed by atoms with Crippen LogP contribution in [0.1, 0.15) is 6.42 Å². The van der Waals surface area contributed by atoms with E-state index >= 15 is 0 Å². The quantitative estimate of drug-likeness (QED) is 0.513. The second-order valence-electron chi connectivity index (χ2n) is 2.45. The van der Waals surface area contributed by atoms with Crippen molar-refractivity contribution in [1.82, 2.24) is 0 Å². The highest BCUT2D eigenvalue weighted by Crippen LogP contribution is 2.17. The van der Waals surface area contributed by atoms with Gasteiger partial charge < -0.3 is 14.9 Å². The number of hydrogen-bond acceptors (Lipinski definition) is 4. The van der Waals surface area contributed by atoms with E-state index in [0.717, 1.165) is 0 Å². The Bertz CT molecular complexity index is 161. The van der Waals surface area contributed by atoms with Crippen LogP contribution in [0.25, 0.3) is 0 Å². The van der Waals surface area contributed by atoms with Gasteiger partial charge in [-0.05, 0) is 0 Å². The molecule has 5 heteroatoms. The number of ether oxygens (including phenoxy) is 1. The Kier molecular flexibility index (Phi) is 2.41. The zero-order chi connectivity index (χ0) is 8.43. The van der Waals surface area contributed by atoms with Gasteiger partial charge in [0.25, 0.3) is 0 Å². The first-order valence-corrected chi connectivity index (χ1v) is 3.27. The number of cyclic esters (lactones) is 1. The number of aliphatic hydroxyl groups is 2. The summed E-state index contributed by atoms with van der Waals surface area (Å²) in [6.45, 7) is -0.968. The first-order chi connectivity index (χ1) is 5.15. The van der Waals surface area contributed by atoms with Crippen LogP contribution < -0.4 is 0 Å². The fourth-order valence-corrected chi connectivity index (χ4v) is 0.927. The van der Waals surface area contributed by atoms with Gasteiger partial charge in [-0.1, -0.05) is 0 Å². The lowest BCUT2D eigenvalue weighted by molar-refractivity contribution is -0.150. The Morgan fingerprint density at radius 2 is 2.45 bits per heavy atom. The second kappa shape index (κ2) is 3.15. The highest BCUT2D eigenvalue weighted by molar-refractivity contribution is 5.76. The zero-order valence-electron chi connectivity index (χ0n) is 5.74. The molecular weight excluding hydrogens is 155 g/mol. The van der Waals surface area contributed by atoms with Crippen molar-refractivity contribution in [1.29, 1.82) is 0 Å². The summed E-state index contributed by atoms with van der Waals surface area (Å²) in [6.07, 6.45) is -3.43. The molecule has 0 aromatic rings. The number of hydrogen-bond donors (Lipinski definition) is 2. The highest BCUT2D eigenvalue weighted by Gasteiger charge is 2.36. The van der Waals surface area contributed by atoms with Crippen LogP contribution in [0.4, 0.5) is 4.39 Å². The number of carbonyl (C=O) groups excluding carboxylic acids is 1. The topological polar surface area (TPSA) is 66.8 Å². The molecule has 4 nitrogen and oxygen atoms in total.